The van der Waals surface area contributed by atoms with E-state index in [0.717, 1.165) is 17.0 Å². The van der Waals surface area contributed by atoms with Crippen LogP contribution in [-0.4, -0.2) is 53.2 Å². The largest absolute Gasteiger partial charge is 0.350 e. The number of aromatic nitrogens is 2. The molecule has 3 rings (SSSR count). The van der Waals surface area contributed by atoms with Crippen molar-refractivity contribution >= 4 is 35.6 Å². The number of carbonyl (C=O) groups is 2. The molecule has 2 atom stereocenters. The second kappa shape index (κ2) is 9.16. The molecule has 1 aliphatic heterocycles. The smallest absolute Gasteiger partial charge is 0.239 e. The summed E-state index contributed by atoms with van der Waals surface area (Å²) >= 11 is 1.60. The predicted octanol–water partition coefficient (Wildman–Crippen LogP) is 0.981. The highest BCUT2D eigenvalue weighted by atomic mass is 35.5. The van der Waals surface area contributed by atoms with Crippen LogP contribution in [0.25, 0.3) is 0 Å². The Balaban J connectivity index is 0.00000243. The number of halogens is 1. The topological polar surface area (TPSA) is 79.3 Å². The molecule has 0 spiro atoms. The fourth-order valence-corrected chi connectivity index (χ4v) is 3.80. The molecule has 26 heavy (non-hydrogen) atoms. The summed E-state index contributed by atoms with van der Waals surface area (Å²) in [6, 6.07) is 3.93. The third-order valence-electron chi connectivity index (χ3n) is 4.48. The van der Waals surface area contributed by atoms with Crippen molar-refractivity contribution in [2.24, 2.45) is 13.0 Å². The number of nitrogens with one attached hydrogen (secondary N) is 2. The lowest BCUT2D eigenvalue weighted by Gasteiger charge is -2.23. The van der Waals surface area contributed by atoms with Gasteiger partial charge in [0.05, 0.1) is 25.2 Å². The van der Waals surface area contributed by atoms with E-state index in [1.54, 1.807) is 23.1 Å². The zero-order chi connectivity index (χ0) is 17.8. The van der Waals surface area contributed by atoms with E-state index in [0.29, 0.717) is 13.1 Å². The molecule has 1 aliphatic rings. The van der Waals surface area contributed by atoms with Crippen LogP contribution in [0.3, 0.4) is 0 Å². The number of hydrogen-bond donors (Lipinski definition) is 2. The summed E-state index contributed by atoms with van der Waals surface area (Å²) in [7, 11) is 3.55. The Hall–Kier alpha value is -1.90. The second-order valence-electron chi connectivity index (χ2n) is 6.37. The monoisotopic (exact) mass is 397 g/mol. The minimum absolute atomic E-state index is 0. The molecule has 0 aromatic carbocycles. The summed E-state index contributed by atoms with van der Waals surface area (Å²) in [4.78, 5) is 27.5. The van der Waals surface area contributed by atoms with Crippen molar-refractivity contribution in [2.75, 3.05) is 26.7 Å². The molecule has 2 N–H and O–H groups in total. The Morgan fingerprint density at radius 2 is 2.27 bits per heavy atom. The van der Waals surface area contributed by atoms with Crippen LogP contribution in [0.15, 0.2) is 29.9 Å². The molecule has 0 saturated carbocycles. The molecule has 0 radical (unpaired) electrons. The lowest BCUT2D eigenvalue weighted by atomic mass is 9.90. The van der Waals surface area contributed by atoms with Crippen LogP contribution in [0.2, 0.25) is 0 Å². The first-order valence-corrected chi connectivity index (χ1v) is 9.16. The average Bonchev–Trinajstić information content (AvgIpc) is 3.33. The van der Waals surface area contributed by atoms with Gasteiger partial charge in [-0.2, -0.15) is 5.10 Å². The summed E-state index contributed by atoms with van der Waals surface area (Å²) in [5.41, 5.74) is 1.06. The average molecular weight is 398 g/mol. The van der Waals surface area contributed by atoms with E-state index in [1.165, 1.54) is 4.90 Å². The Labute approximate surface area is 163 Å². The van der Waals surface area contributed by atoms with Gasteiger partial charge >= 0.3 is 0 Å². The minimum atomic E-state index is -0.167. The number of carbonyl (C=O) groups excluding carboxylic acids is 2. The molecule has 0 unspecified atom stereocenters. The first kappa shape index (κ1) is 20.4. The minimum Gasteiger partial charge on any atom is -0.350 e. The number of thiophene rings is 1. The third-order valence-corrected chi connectivity index (χ3v) is 5.36. The Kier molecular flexibility index (Phi) is 7.19. The highest BCUT2D eigenvalue weighted by Crippen LogP contribution is 2.29. The normalized spacial score (nSPS) is 19.0. The fraction of sp³-hybridized carbons (Fsp3) is 0.471. The third kappa shape index (κ3) is 4.84. The fourth-order valence-electron chi connectivity index (χ4n) is 3.15. The van der Waals surface area contributed by atoms with Gasteiger partial charge in [0.25, 0.3) is 0 Å². The van der Waals surface area contributed by atoms with Crippen molar-refractivity contribution < 1.29 is 9.59 Å². The summed E-state index contributed by atoms with van der Waals surface area (Å²) in [5.74, 6) is -0.226. The van der Waals surface area contributed by atoms with Crippen LogP contribution >= 0.6 is 23.7 Å². The number of nitrogens with zero attached hydrogens (tertiary/aromatic N) is 3. The maximum Gasteiger partial charge on any atom is 0.239 e. The number of rotatable bonds is 6. The van der Waals surface area contributed by atoms with Crippen LogP contribution in [0.1, 0.15) is 16.4 Å². The quantitative estimate of drug-likeness (QED) is 0.761. The van der Waals surface area contributed by atoms with Crippen LogP contribution in [0.4, 0.5) is 0 Å². The molecule has 3 heterocycles. The predicted molar refractivity (Wildman–Crippen MR) is 103 cm³/mol. The maximum atomic E-state index is 12.8. The summed E-state index contributed by atoms with van der Waals surface area (Å²) in [6.07, 6.45) is 3.76. The Bertz CT molecular complexity index is 733. The number of amides is 2. The van der Waals surface area contributed by atoms with E-state index in [1.807, 2.05) is 37.0 Å². The zero-order valence-electron chi connectivity index (χ0n) is 14.8. The van der Waals surface area contributed by atoms with Gasteiger partial charge in [-0.25, -0.2) is 0 Å². The van der Waals surface area contributed by atoms with E-state index in [4.69, 9.17) is 0 Å². The van der Waals surface area contributed by atoms with Gasteiger partial charge in [0.2, 0.25) is 11.8 Å². The molecule has 1 saturated heterocycles. The molecular weight excluding hydrogens is 374 g/mol. The van der Waals surface area contributed by atoms with Gasteiger partial charge < -0.3 is 15.5 Å². The lowest BCUT2D eigenvalue weighted by Crippen LogP contribution is -2.42. The van der Waals surface area contributed by atoms with Crippen molar-refractivity contribution in [2.45, 2.75) is 12.5 Å². The molecule has 9 heteroatoms. The molecular formula is C17H24ClN5O2S. The van der Waals surface area contributed by atoms with Crippen LogP contribution < -0.4 is 10.6 Å². The molecule has 2 aromatic heterocycles. The first-order chi connectivity index (χ1) is 12.0. The van der Waals surface area contributed by atoms with Crippen molar-refractivity contribution in [1.29, 1.82) is 0 Å². The Morgan fingerprint density at radius 1 is 1.46 bits per heavy atom. The van der Waals surface area contributed by atoms with Gasteiger partial charge in [-0.1, -0.05) is 6.07 Å². The van der Waals surface area contributed by atoms with Gasteiger partial charge in [0, 0.05) is 44.2 Å². The van der Waals surface area contributed by atoms with Gasteiger partial charge in [-0.05, 0) is 17.0 Å². The van der Waals surface area contributed by atoms with E-state index >= 15 is 0 Å². The molecule has 2 aromatic rings. The number of aryl methyl sites for hydroxylation is 1. The number of hydrogen-bond acceptors (Lipinski definition) is 5. The van der Waals surface area contributed by atoms with Crippen LogP contribution in [0, 0.1) is 5.92 Å². The van der Waals surface area contributed by atoms with Gasteiger partial charge in [0.1, 0.15) is 0 Å². The summed E-state index contributed by atoms with van der Waals surface area (Å²) < 4.78 is 1.75. The first-order valence-electron chi connectivity index (χ1n) is 8.28. The van der Waals surface area contributed by atoms with E-state index < -0.39 is 0 Å². The zero-order valence-corrected chi connectivity index (χ0v) is 16.5. The molecule has 0 bridgehead atoms. The molecule has 142 valence electrons. The highest BCUT2D eigenvalue weighted by molar-refractivity contribution is 7.09. The van der Waals surface area contributed by atoms with Gasteiger partial charge in [0.15, 0.2) is 0 Å². The van der Waals surface area contributed by atoms with Crippen LogP contribution in [-0.2, 0) is 23.2 Å². The highest BCUT2D eigenvalue weighted by Gasteiger charge is 2.36. The lowest BCUT2D eigenvalue weighted by molar-refractivity contribution is -0.137. The summed E-state index contributed by atoms with van der Waals surface area (Å²) in [6.45, 7) is 1.95. The molecule has 1 fully saturated rings. The molecule has 7 nitrogen and oxygen atoms in total. The number of likely N-dealkylation sites (N-methyl/N-ethyl adjacent to an activating group) is 1. The van der Waals surface area contributed by atoms with Crippen molar-refractivity contribution in [1.82, 2.24) is 25.3 Å². The Morgan fingerprint density at radius 3 is 2.92 bits per heavy atom. The van der Waals surface area contributed by atoms with Crippen molar-refractivity contribution in [3.8, 4) is 0 Å². The van der Waals surface area contributed by atoms with Crippen molar-refractivity contribution in [3.63, 3.8) is 0 Å². The SMILES string of the molecule is CN(CC(=O)NCc1cccs1)C(=O)[C@H]1CNC[C@@H]1c1cnn(C)c1.Cl. The van der Waals surface area contributed by atoms with Crippen molar-refractivity contribution in [3.05, 3.63) is 40.3 Å². The second-order valence-corrected chi connectivity index (χ2v) is 7.40. The molecule has 0 aliphatic carbocycles. The van der Waals surface area contributed by atoms with E-state index in [9.17, 15) is 9.59 Å². The van der Waals surface area contributed by atoms with E-state index in [2.05, 4.69) is 15.7 Å². The van der Waals surface area contributed by atoms with Crippen LogP contribution in [0.5, 0.6) is 0 Å². The molecule has 2 amide bonds. The van der Waals surface area contributed by atoms with Gasteiger partial charge in [-0.3, -0.25) is 14.3 Å². The van der Waals surface area contributed by atoms with Gasteiger partial charge in [-0.15, -0.1) is 23.7 Å². The summed E-state index contributed by atoms with van der Waals surface area (Å²) in [5, 5.41) is 12.3. The maximum absolute atomic E-state index is 12.8. The standard InChI is InChI=1S/C17H23N5O2S.ClH/c1-21(11-16(23)19-7-13-4-3-5-25-13)17(24)15-9-18-8-14(15)12-6-20-22(2)10-12;/h3-6,10,14-15,18H,7-9,11H2,1-2H3,(H,19,23);1H/t14-,15+;/m1./s1. The van der Waals surface area contributed by atoms with E-state index in [-0.39, 0.29) is 42.6 Å².